The molecule has 0 bridgehead atoms. The zero-order valence-electron chi connectivity index (χ0n) is 12.3. The minimum atomic E-state index is 0.988. The largest absolute Gasteiger partial charge is 0.288 e. The highest BCUT2D eigenvalue weighted by Crippen LogP contribution is 2.32. The average molecular weight is 278 g/mol. The van der Waals surface area contributed by atoms with Crippen molar-refractivity contribution in [1.82, 2.24) is 15.5 Å². The van der Waals surface area contributed by atoms with Crippen molar-refractivity contribution in [2.45, 2.75) is 20.3 Å². The summed E-state index contributed by atoms with van der Waals surface area (Å²) in [4.78, 5) is 4.44. The molecule has 0 saturated carbocycles. The number of benzene rings is 1. The first-order chi connectivity index (χ1) is 10.2. The van der Waals surface area contributed by atoms with Crippen LogP contribution < -0.4 is 10.5 Å². The monoisotopic (exact) mass is 278 g/mol. The van der Waals surface area contributed by atoms with Crippen LogP contribution in [0, 0.1) is 13.8 Å². The second kappa shape index (κ2) is 4.60. The molecule has 106 valence electrons. The minimum Gasteiger partial charge on any atom is -0.288 e. The highest BCUT2D eigenvalue weighted by atomic mass is 15.8. The second-order valence-electron chi connectivity index (χ2n) is 5.65. The molecule has 1 aromatic heterocycles. The fraction of sp³-hybridized carbons (Fsp3) is 0.235. The van der Waals surface area contributed by atoms with E-state index in [0.29, 0.717) is 0 Å². The van der Waals surface area contributed by atoms with E-state index in [0.717, 1.165) is 30.0 Å². The standard InChI is InChI=1S/C17H18N4/c1-12-9-15(10-13(2)18-12)21-11-17-16-6-4-3-5-14(16)7-8-20(17)19-21/h3-6,9-11,19H,7-8H2,1-2H3. The molecule has 4 nitrogen and oxygen atoms in total. The van der Waals surface area contributed by atoms with Crippen molar-refractivity contribution in [2.24, 2.45) is 0 Å². The van der Waals surface area contributed by atoms with Crippen LogP contribution in [0.2, 0.25) is 0 Å². The van der Waals surface area contributed by atoms with Crippen molar-refractivity contribution in [3.8, 4) is 0 Å². The van der Waals surface area contributed by atoms with Gasteiger partial charge in [0.15, 0.2) is 0 Å². The number of nitrogens with one attached hydrogen (secondary N) is 1. The van der Waals surface area contributed by atoms with Crippen molar-refractivity contribution >= 4 is 11.4 Å². The Labute approximate surface area is 124 Å². The van der Waals surface area contributed by atoms with Gasteiger partial charge < -0.3 is 0 Å². The van der Waals surface area contributed by atoms with Crippen LogP contribution in [0.1, 0.15) is 22.5 Å². The van der Waals surface area contributed by atoms with Crippen molar-refractivity contribution in [3.63, 3.8) is 0 Å². The number of hydrogen-bond acceptors (Lipinski definition) is 4. The van der Waals surface area contributed by atoms with Crippen molar-refractivity contribution in [3.05, 3.63) is 65.1 Å². The topological polar surface area (TPSA) is 31.4 Å². The molecular weight excluding hydrogens is 260 g/mol. The molecule has 0 saturated heterocycles. The van der Waals surface area contributed by atoms with Crippen LogP contribution in [0.25, 0.3) is 5.70 Å². The molecule has 2 aliphatic rings. The van der Waals surface area contributed by atoms with Gasteiger partial charge in [0.2, 0.25) is 0 Å². The summed E-state index contributed by atoms with van der Waals surface area (Å²) in [6, 6.07) is 12.8. The van der Waals surface area contributed by atoms with E-state index in [1.807, 2.05) is 13.8 Å². The van der Waals surface area contributed by atoms with Gasteiger partial charge in [-0.15, -0.1) is 5.53 Å². The molecule has 0 fully saturated rings. The van der Waals surface area contributed by atoms with E-state index >= 15 is 0 Å². The number of rotatable bonds is 1. The van der Waals surface area contributed by atoms with Gasteiger partial charge in [-0.1, -0.05) is 24.3 Å². The smallest absolute Gasteiger partial charge is 0.0791 e. The third-order valence-corrected chi connectivity index (χ3v) is 4.01. The van der Waals surface area contributed by atoms with Gasteiger partial charge >= 0.3 is 0 Å². The van der Waals surface area contributed by atoms with E-state index in [1.165, 1.54) is 16.8 Å². The van der Waals surface area contributed by atoms with Crippen LogP contribution in [-0.4, -0.2) is 16.5 Å². The summed E-state index contributed by atoms with van der Waals surface area (Å²) < 4.78 is 0. The summed E-state index contributed by atoms with van der Waals surface area (Å²) in [5.41, 5.74) is 10.6. The number of aromatic nitrogens is 1. The fourth-order valence-electron chi connectivity index (χ4n) is 3.09. The molecule has 21 heavy (non-hydrogen) atoms. The van der Waals surface area contributed by atoms with Gasteiger partial charge in [-0.05, 0) is 38.0 Å². The lowest BCUT2D eigenvalue weighted by Gasteiger charge is -2.29. The number of nitrogens with zero attached hydrogens (tertiary/aromatic N) is 3. The molecule has 0 atom stereocenters. The molecule has 0 aliphatic carbocycles. The van der Waals surface area contributed by atoms with Gasteiger partial charge in [0, 0.05) is 29.7 Å². The van der Waals surface area contributed by atoms with Crippen LogP contribution >= 0.6 is 0 Å². The third-order valence-electron chi connectivity index (χ3n) is 4.01. The van der Waals surface area contributed by atoms with E-state index in [-0.39, 0.29) is 0 Å². The zero-order valence-corrected chi connectivity index (χ0v) is 12.3. The number of aryl methyl sites for hydroxylation is 2. The average Bonchev–Trinajstić information content (AvgIpc) is 2.91. The molecule has 0 amide bonds. The van der Waals surface area contributed by atoms with Crippen molar-refractivity contribution in [1.29, 1.82) is 0 Å². The number of anilines is 1. The highest BCUT2D eigenvalue weighted by Gasteiger charge is 2.27. The Morgan fingerprint density at radius 2 is 1.86 bits per heavy atom. The molecule has 0 radical (unpaired) electrons. The lowest BCUT2D eigenvalue weighted by molar-refractivity contribution is 0.307. The first kappa shape index (κ1) is 12.4. The van der Waals surface area contributed by atoms with Gasteiger partial charge in [0.25, 0.3) is 0 Å². The maximum Gasteiger partial charge on any atom is 0.0791 e. The fourth-order valence-corrected chi connectivity index (χ4v) is 3.09. The van der Waals surface area contributed by atoms with E-state index in [4.69, 9.17) is 0 Å². The lowest BCUT2D eigenvalue weighted by Crippen LogP contribution is -2.42. The Bertz CT molecular complexity index is 715. The Morgan fingerprint density at radius 1 is 1.10 bits per heavy atom. The Morgan fingerprint density at radius 3 is 2.67 bits per heavy atom. The van der Waals surface area contributed by atoms with Gasteiger partial charge in [-0.25, -0.2) is 0 Å². The van der Waals surface area contributed by atoms with Crippen molar-refractivity contribution in [2.75, 3.05) is 11.6 Å². The predicted molar refractivity (Wildman–Crippen MR) is 84.2 cm³/mol. The van der Waals surface area contributed by atoms with Gasteiger partial charge in [-0.2, -0.15) is 0 Å². The predicted octanol–water partition coefficient (Wildman–Crippen LogP) is 2.79. The van der Waals surface area contributed by atoms with Crippen LogP contribution in [0.5, 0.6) is 0 Å². The zero-order chi connectivity index (χ0) is 14.4. The third kappa shape index (κ3) is 2.08. The Balaban J connectivity index is 1.75. The lowest BCUT2D eigenvalue weighted by atomic mass is 9.98. The first-order valence-electron chi connectivity index (χ1n) is 7.29. The maximum absolute atomic E-state index is 4.44. The highest BCUT2D eigenvalue weighted by molar-refractivity contribution is 5.73. The van der Waals surface area contributed by atoms with Crippen LogP contribution in [0.15, 0.2) is 42.6 Å². The number of hydrazine groups is 2. The molecule has 4 heteroatoms. The molecule has 4 rings (SSSR count). The first-order valence-corrected chi connectivity index (χ1v) is 7.29. The SMILES string of the molecule is Cc1cc(N2C=C3c4ccccc4CCN3N2)cc(C)n1. The minimum absolute atomic E-state index is 0.988. The normalized spacial score (nSPS) is 16.6. The molecule has 0 unspecified atom stereocenters. The van der Waals surface area contributed by atoms with Crippen LogP contribution in [-0.2, 0) is 6.42 Å². The van der Waals surface area contributed by atoms with E-state index < -0.39 is 0 Å². The van der Waals surface area contributed by atoms with E-state index in [2.05, 4.69) is 63.1 Å². The van der Waals surface area contributed by atoms with Crippen LogP contribution in [0.4, 0.5) is 5.69 Å². The van der Waals surface area contributed by atoms with E-state index in [1.54, 1.807) is 0 Å². The molecule has 3 heterocycles. The number of pyridine rings is 1. The van der Waals surface area contributed by atoms with Gasteiger partial charge in [0.1, 0.15) is 0 Å². The molecule has 1 aromatic carbocycles. The molecule has 2 aliphatic heterocycles. The molecular formula is C17H18N4. The summed E-state index contributed by atoms with van der Waals surface area (Å²) in [6.07, 6.45) is 3.25. The second-order valence-corrected chi connectivity index (χ2v) is 5.65. The molecule has 1 N–H and O–H groups in total. The van der Waals surface area contributed by atoms with E-state index in [9.17, 15) is 0 Å². The Hall–Kier alpha value is -2.33. The Kier molecular flexibility index (Phi) is 2.72. The molecule has 2 aromatic rings. The number of fused-ring (bicyclic) bond motifs is 3. The van der Waals surface area contributed by atoms with Crippen LogP contribution in [0.3, 0.4) is 0 Å². The summed E-state index contributed by atoms with van der Waals surface area (Å²) in [6.45, 7) is 5.05. The maximum atomic E-state index is 4.44. The molecule has 0 spiro atoms. The summed E-state index contributed by atoms with van der Waals surface area (Å²) >= 11 is 0. The van der Waals surface area contributed by atoms with Crippen molar-refractivity contribution < 1.29 is 0 Å². The summed E-state index contributed by atoms with van der Waals surface area (Å²) in [5.74, 6) is 0. The summed E-state index contributed by atoms with van der Waals surface area (Å²) in [5, 5.41) is 4.30. The van der Waals surface area contributed by atoms with Gasteiger partial charge in [0.05, 0.1) is 11.4 Å². The summed E-state index contributed by atoms with van der Waals surface area (Å²) in [7, 11) is 0. The number of hydrogen-bond donors (Lipinski definition) is 1. The quantitative estimate of drug-likeness (QED) is 0.869. The van der Waals surface area contributed by atoms with Gasteiger partial charge in [-0.3, -0.25) is 15.0 Å².